The minimum absolute atomic E-state index is 0.308. The van der Waals surface area contributed by atoms with Gasteiger partial charge in [0.1, 0.15) is 11.3 Å². The largest absolute Gasteiger partial charge is 0.493 e. The van der Waals surface area contributed by atoms with Gasteiger partial charge in [-0.2, -0.15) is 4.99 Å². The molecule has 0 bridgehead atoms. The number of rotatable bonds is 2. The zero-order valence-corrected chi connectivity index (χ0v) is 8.32. The summed E-state index contributed by atoms with van der Waals surface area (Å²) < 4.78 is 5.61. The number of nitrogens with zero attached hydrogens (tertiary/aromatic N) is 1. The lowest BCUT2D eigenvalue weighted by molar-refractivity contribution is 0.350. The minimum atomic E-state index is -0.308. The van der Waals surface area contributed by atoms with Crippen LogP contribution in [0.3, 0.4) is 0 Å². The summed E-state index contributed by atoms with van der Waals surface area (Å²) in [6.07, 6.45) is 4.51. The van der Waals surface area contributed by atoms with Crippen molar-refractivity contribution in [2.75, 3.05) is 6.61 Å². The van der Waals surface area contributed by atoms with Crippen LogP contribution in [-0.2, 0) is 16.8 Å². The minimum Gasteiger partial charge on any atom is -0.493 e. The Morgan fingerprint density at radius 3 is 3.00 bits per heavy atom. The van der Waals surface area contributed by atoms with Crippen LogP contribution in [0.2, 0.25) is 0 Å². The highest BCUT2D eigenvalue weighted by Crippen LogP contribution is 2.53. The molecule has 0 amide bonds. The molecule has 1 aromatic carbocycles. The van der Waals surface area contributed by atoms with E-state index < -0.39 is 0 Å². The summed E-state index contributed by atoms with van der Waals surface area (Å²) in [5, 5.41) is 0. The fourth-order valence-electron chi connectivity index (χ4n) is 2.23. The zero-order valence-electron chi connectivity index (χ0n) is 8.32. The van der Waals surface area contributed by atoms with Gasteiger partial charge in [0.25, 0.3) is 0 Å². The highest BCUT2D eigenvalue weighted by molar-refractivity contribution is 5.52. The molecular weight excluding hydrogens is 190 g/mol. The molecule has 3 rings (SSSR count). The van der Waals surface area contributed by atoms with Gasteiger partial charge in [0.15, 0.2) is 0 Å². The summed E-state index contributed by atoms with van der Waals surface area (Å²) in [6, 6.07) is 6.10. The second-order valence-electron chi connectivity index (χ2n) is 4.13. The van der Waals surface area contributed by atoms with Crippen LogP contribution in [0.25, 0.3) is 0 Å². The molecule has 3 nitrogen and oxygen atoms in total. The van der Waals surface area contributed by atoms with Crippen molar-refractivity contribution >= 4 is 6.08 Å². The van der Waals surface area contributed by atoms with E-state index in [1.54, 1.807) is 6.08 Å². The number of aliphatic imine (C=N–C) groups is 1. The van der Waals surface area contributed by atoms with E-state index in [0.29, 0.717) is 0 Å². The molecule has 0 aromatic heterocycles. The van der Waals surface area contributed by atoms with Crippen molar-refractivity contribution in [2.24, 2.45) is 4.99 Å². The van der Waals surface area contributed by atoms with E-state index in [-0.39, 0.29) is 5.54 Å². The zero-order chi connectivity index (χ0) is 10.3. The predicted octanol–water partition coefficient (Wildman–Crippen LogP) is 1.95. The maximum absolute atomic E-state index is 10.4. The molecule has 0 atom stereocenters. The van der Waals surface area contributed by atoms with Gasteiger partial charge in [0, 0.05) is 12.0 Å². The first-order chi connectivity index (χ1) is 7.36. The summed E-state index contributed by atoms with van der Waals surface area (Å²) in [6.45, 7) is 0.743. The van der Waals surface area contributed by atoms with Crippen molar-refractivity contribution in [3.63, 3.8) is 0 Å². The van der Waals surface area contributed by atoms with E-state index in [2.05, 4.69) is 11.1 Å². The van der Waals surface area contributed by atoms with Gasteiger partial charge in [-0.25, -0.2) is 4.79 Å². The monoisotopic (exact) mass is 201 g/mol. The van der Waals surface area contributed by atoms with Crippen molar-refractivity contribution in [1.29, 1.82) is 0 Å². The molecule has 1 aliphatic carbocycles. The van der Waals surface area contributed by atoms with Crippen LogP contribution in [0, 0.1) is 0 Å². The molecule has 0 unspecified atom stereocenters. The first-order valence-corrected chi connectivity index (χ1v) is 5.20. The molecule has 76 valence electrons. The quantitative estimate of drug-likeness (QED) is 0.542. The third kappa shape index (κ3) is 1.20. The van der Waals surface area contributed by atoms with Gasteiger partial charge in [-0.15, -0.1) is 0 Å². The first kappa shape index (κ1) is 8.69. The number of benzene rings is 1. The SMILES string of the molecule is O=C=NC1(c2cccc3c2OCC3)CC1. The summed E-state index contributed by atoms with van der Waals surface area (Å²) >= 11 is 0. The average molecular weight is 201 g/mol. The van der Waals surface area contributed by atoms with Gasteiger partial charge in [0.2, 0.25) is 6.08 Å². The standard InChI is InChI=1S/C12H11NO2/c14-8-13-12(5-6-12)10-3-1-2-9-4-7-15-11(9)10/h1-3H,4-7H2. The summed E-state index contributed by atoms with van der Waals surface area (Å²) in [5.74, 6) is 0.953. The van der Waals surface area contributed by atoms with E-state index in [1.165, 1.54) is 5.56 Å². The third-order valence-electron chi connectivity index (χ3n) is 3.20. The van der Waals surface area contributed by atoms with Crippen LogP contribution in [0.15, 0.2) is 23.2 Å². The lowest BCUT2D eigenvalue weighted by Gasteiger charge is -2.12. The van der Waals surface area contributed by atoms with Gasteiger partial charge < -0.3 is 4.74 Å². The number of ether oxygens (including phenoxy) is 1. The lowest BCUT2D eigenvalue weighted by atomic mass is 10.0. The van der Waals surface area contributed by atoms with Crippen LogP contribution < -0.4 is 4.74 Å². The average Bonchev–Trinajstić information content (AvgIpc) is 2.88. The molecule has 1 aromatic rings. The molecule has 2 aliphatic rings. The summed E-state index contributed by atoms with van der Waals surface area (Å²) in [4.78, 5) is 14.3. The van der Waals surface area contributed by atoms with E-state index >= 15 is 0 Å². The Kier molecular flexibility index (Phi) is 1.70. The number of hydrogen-bond donors (Lipinski definition) is 0. The fraction of sp³-hybridized carbons (Fsp3) is 0.417. The van der Waals surface area contributed by atoms with Crippen molar-refractivity contribution in [3.8, 4) is 5.75 Å². The van der Waals surface area contributed by atoms with E-state index in [0.717, 1.165) is 37.2 Å². The van der Waals surface area contributed by atoms with Gasteiger partial charge in [-0.05, 0) is 18.4 Å². The molecular formula is C12H11NO2. The fourth-order valence-corrected chi connectivity index (χ4v) is 2.23. The highest BCUT2D eigenvalue weighted by Gasteiger charge is 2.47. The van der Waals surface area contributed by atoms with Gasteiger partial charge in [0.05, 0.1) is 6.61 Å². The summed E-state index contributed by atoms with van der Waals surface area (Å²) in [7, 11) is 0. The van der Waals surface area contributed by atoms with E-state index in [1.807, 2.05) is 12.1 Å². The molecule has 0 N–H and O–H groups in total. The normalized spacial score (nSPS) is 20.0. The first-order valence-electron chi connectivity index (χ1n) is 5.20. The summed E-state index contributed by atoms with van der Waals surface area (Å²) in [5.41, 5.74) is 2.00. The molecule has 15 heavy (non-hydrogen) atoms. The molecule has 1 fully saturated rings. The van der Waals surface area contributed by atoms with Crippen molar-refractivity contribution in [3.05, 3.63) is 29.3 Å². The van der Waals surface area contributed by atoms with Crippen LogP contribution in [0.1, 0.15) is 24.0 Å². The van der Waals surface area contributed by atoms with Crippen molar-refractivity contribution in [2.45, 2.75) is 24.8 Å². The molecule has 0 spiro atoms. The topological polar surface area (TPSA) is 38.7 Å². The number of para-hydroxylation sites is 1. The number of carbonyl (C=O) groups excluding carboxylic acids is 1. The second-order valence-corrected chi connectivity index (χ2v) is 4.13. The third-order valence-corrected chi connectivity index (χ3v) is 3.20. The Hall–Kier alpha value is -1.60. The molecule has 1 heterocycles. The van der Waals surface area contributed by atoms with Gasteiger partial charge >= 0.3 is 0 Å². The van der Waals surface area contributed by atoms with Crippen LogP contribution in [0.4, 0.5) is 0 Å². The Morgan fingerprint density at radius 2 is 2.27 bits per heavy atom. The maximum Gasteiger partial charge on any atom is 0.235 e. The molecule has 0 radical (unpaired) electrons. The van der Waals surface area contributed by atoms with Crippen LogP contribution in [-0.4, -0.2) is 12.7 Å². The molecule has 0 saturated heterocycles. The van der Waals surface area contributed by atoms with Crippen molar-refractivity contribution < 1.29 is 9.53 Å². The Morgan fingerprint density at radius 1 is 1.40 bits per heavy atom. The smallest absolute Gasteiger partial charge is 0.235 e. The van der Waals surface area contributed by atoms with Crippen LogP contribution >= 0.6 is 0 Å². The second kappa shape index (κ2) is 2.94. The lowest BCUT2D eigenvalue weighted by Crippen LogP contribution is -2.04. The number of fused-ring (bicyclic) bond motifs is 1. The Bertz CT molecular complexity index is 457. The van der Waals surface area contributed by atoms with Gasteiger partial charge in [-0.3, -0.25) is 0 Å². The van der Waals surface area contributed by atoms with Crippen molar-refractivity contribution in [1.82, 2.24) is 0 Å². The van der Waals surface area contributed by atoms with Crippen LogP contribution in [0.5, 0.6) is 5.75 Å². The predicted molar refractivity (Wildman–Crippen MR) is 54.7 cm³/mol. The molecule has 1 aliphatic heterocycles. The van der Waals surface area contributed by atoms with E-state index in [9.17, 15) is 4.79 Å². The number of hydrogen-bond acceptors (Lipinski definition) is 3. The highest BCUT2D eigenvalue weighted by atomic mass is 16.5. The van der Waals surface area contributed by atoms with E-state index in [4.69, 9.17) is 4.74 Å². The number of isocyanates is 1. The van der Waals surface area contributed by atoms with Gasteiger partial charge in [-0.1, -0.05) is 18.2 Å². The Labute approximate surface area is 87.8 Å². The molecule has 3 heteroatoms. The maximum atomic E-state index is 10.4. The Balaban J connectivity index is 2.13. The molecule has 1 saturated carbocycles.